The summed E-state index contributed by atoms with van der Waals surface area (Å²) >= 11 is 0. The smallest absolute Gasteiger partial charge is 0.213 e. The maximum atomic E-state index is 11.2. The normalized spacial score (nSPS) is 27.5. The molecule has 0 spiro atoms. The van der Waals surface area contributed by atoms with E-state index >= 15 is 0 Å². The molecule has 0 saturated heterocycles. The van der Waals surface area contributed by atoms with E-state index < -0.39 is 16.1 Å². The summed E-state index contributed by atoms with van der Waals surface area (Å²) in [5, 5.41) is 10.5. The predicted octanol–water partition coefficient (Wildman–Crippen LogP) is 0.371. The Labute approximate surface area is 89.3 Å². The lowest BCUT2D eigenvalue weighted by molar-refractivity contribution is -0.526. The Morgan fingerprint density at radius 3 is 2.27 bits per heavy atom. The molecule has 0 aromatic rings. The van der Waals surface area contributed by atoms with E-state index in [1.54, 1.807) is 0 Å². The molecule has 1 N–H and O–H groups in total. The van der Waals surface area contributed by atoms with Gasteiger partial charge in [-0.15, -0.1) is 0 Å². The predicted molar refractivity (Wildman–Crippen MR) is 55.6 cm³/mol. The van der Waals surface area contributed by atoms with E-state index in [1.165, 1.54) is 7.05 Å². The maximum absolute atomic E-state index is 11.2. The highest BCUT2D eigenvalue weighted by Crippen LogP contribution is 2.26. The lowest BCUT2D eigenvalue weighted by Crippen LogP contribution is -2.32. The SMILES string of the molecule is CNS(=O)(=O)CC1CCC([N+](=O)[O-])CC1. The highest BCUT2D eigenvalue weighted by molar-refractivity contribution is 7.89. The fraction of sp³-hybridized carbons (Fsp3) is 1.00. The van der Waals surface area contributed by atoms with Crippen LogP contribution in [0.2, 0.25) is 0 Å². The van der Waals surface area contributed by atoms with Crippen molar-refractivity contribution in [2.75, 3.05) is 12.8 Å². The van der Waals surface area contributed by atoms with Crippen LogP contribution >= 0.6 is 0 Å². The molecule has 7 heteroatoms. The molecule has 0 radical (unpaired) electrons. The van der Waals surface area contributed by atoms with Crippen molar-refractivity contribution >= 4 is 10.0 Å². The summed E-state index contributed by atoms with van der Waals surface area (Å²) in [6.07, 6.45) is 2.26. The molecule has 0 aliphatic heterocycles. The van der Waals surface area contributed by atoms with Gasteiger partial charge in [-0.1, -0.05) is 0 Å². The minimum Gasteiger partial charge on any atom is -0.264 e. The summed E-state index contributed by atoms with van der Waals surface area (Å²) in [4.78, 5) is 10.2. The largest absolute Gasteiger partial charge is 0.264 e. The monoisotopic (exact) mass is 236 g/mol. The fourth-order valence-corrected chi connectivity index (χ4v) is 3.04. The van der Waals surface area contributed by atoms with Crippen molar-refractivity contribution in [3.05, 3.63) is 10.1 Å². The third-order valence-corrected chi connectivity index (χ3v) is 4.41. The second-order valence-corrected chi connectivity index (χ2v) is 5.92. The first-order chi connectivity index (χ1) is 6.94. The first-order valence-corrected chi connectivity index (χ1v) is 6.64. The van der Waals surface area contributed by atoms with E-state index in [2.05, 4.69) is 4.72 Å². The van der Waals surface area contributed by atoms with Gasteiger partial charge in [0.25, 0.3) is 0 Å². The van der Waals surface area contributed by atoms with E-state index in [1.807, 2.05) is 0 Å². The molecule has 1 aliphatic carbocycles. The minimum atomic E-state index is -3.18. The zero-order valence-corrected chi connectivity index (χ0v) is 9.50. The van der Waals surface area contributed by atoms with Crippen molar-refractivity contribution in [2.24, 2.45) is 5.92 Å². The number of sulfonamides is 1. The first kappa shape index (κ1) is 12.4. The number of hydrogen-bond donors (Lipinski definition) is 1. The number of hydrogen-bond acceptors (Lipinski definition) is 4. The van der Waals surface area contributed by atoms with E-state index in [-0.39, 0.29) is 16.6 Å². The standard InChI is InChI=1S/C8H16N2O4S/c1-9-15(13,14)6-7-2-4-8(5-3-7)10(11)12/h7-9H,2-6H2,1H3. The van der Waals surface area contributed by atoms with Crippen molar-refractivity contribution in [2.45, 2.75) is 31.7 Å². The Morgan fingerprint density at radius 1 is 1.33 bits per heavy atom. The summed E-state index contributed by atoms with van der Waals surface area (Å²) in [6, 6.07) is -0.474. The van der Waals surface area contributed by atoms with Gasteiger partial charge in [0.05, 0.1) is 5.75 Å². The van der Waals surface area contributed by atoms with Gasteiger partial charge in [-0.3, -0.25) is 10.1 Å². The molecule has 0 bridgehead atoms. The second kappa shape index (κ2) is 4.89. The number of nitro groups is 1. The van der Waals surface area contributed by atoms with Crippen LogP contribution < -0.4 is 4.72 Å². The van der Waals surface area contributed by atoms with Crippen molar-refractivity contribution in [3.8, 4) is 0 Å². The van der Waals surface area contributed by atoms with E-state index in [4.69, 9.17) is 0 Å². The molecule has 15 heavy (non-hydrogen) atoms. The lowest BCUT2D eigenvalue weighted by Gasteiger charge is -2.23. The highest BCUT2D eigenvalue weighted by Gasteiger charge is 2.30. The molecule has 1 rings (SSSR count). The van der Waals surface area contributed by atoms with Crippen molar-refractivity contribution < 1.29 is 13.3 Å². The van der Waals surface area contributed by atoms with Gasteiger partial charge in [-0.25, -0.2) is 13.1 Å². The van der Waals surface area contributed by atoms with Crippen LogP contribution in [0.15, 0.2) is 0 Å². The van der Waals surface area contributed by atoms with Gasteiger partial charge in [0.1, 0.15) is 0 Å². The van der Waals surface area contributed by atoms with Gasteiger partial charge in [-0.2, -0.15) is 0 Å². The Hall–Kier alpha value is -0.690. The molecular weight excluding hydrogens is 220 g/mol. The van der Waals surface area contributed by atoms with Gasteiger partial charge < -0.3 is 0 Å². The molecule has 0 amide bonds. The van der Waals surface area contributed by atoms with Crippen LogP contribution in [-0.2, 0) is 10.0 Å². The van der Waals surface area contributed by atoms with Crippen molar-refractivity contribution in [1.29, 1.82) is 0 Å². The Bertz CT molecular complexity index is 320. The van der Waals surface area contributed by atoms with Crippen LogP contribution in [-0.4, -0.2) is 32.2 Å². The number of nitrogens with one attached hydrogen (secondary N) is 1. The van der Waals surface area contributed by atoms with Crippen LogP contribution in [0.1, 0.15) is 25.7 Å². The Kier molecular flexibility index (Phi) is 4.04. The van der Waals surface area contributed by atoms with Crippen LogP contribution in [0.3, 0.4) is 0 Å². The minimum absolute atomic E-state index is 0.0682. The average molecular weight is 236 g/mol. The molecule has 88 valence electrons. The van der Waals surface area contributed by atoms with Crippen LogP contribution in [0.25, 0.3) is 0 Å². The average Bonchev–Trinajstić information content (AvgIpc) is 2.18. The topological polar surface area (TPSA) is 89.3 Å². The van der Waals surface area contributed by atoms with Crippen LogP contribution in [0, 0.1) is 16.0 Å². The molecule has 1 saturated carbocycles. The van der Waals surface area contributed by atoms with Crippen LogP contribution in [0.4, 0.5) is 0 Å². The summed E-state index contributed by atoms with van der Waals surface area (Å²) in [5.41, 5.74) is 0. The molecule has 0 atom stereocenters. The molecule has 0 aromatic carbocycles. The fourth-order valence-electron chi connectivity index (χ4n) is 1.92. The Balaban J connectivity index is 2.42. The maximum Gasteiger partial charge on any atom is 0.213 e. The van der Waals surface area contributed by atoms with E-state index in [0.717, 1.165) is 0 Å². The third kappa shape index (κ3) is 3.75. The number of rotatable bonds is 4. The number of nitrogens with zero attached hydrogens (tertiary/aromatic N) is 1. The van der Waals surface area contributed by atoms with Gasteiger partial charge in [0, 0.05) is 17.8 Å². The molecule has 1 aliphatic rings. The summed E-state index contributed by atoms with van der Waals surface area (Å²) in [5.74, 6) is 0.159. The van der Waals surface area contributed by atoms with Gasteiger partial charge in [-0.05, 0) is 25.8 Å². The highest BCUT2D eigenvalue weighted by atomic mass is 32.2. The molecule has 1 fully saturated rings. The van der Waals surface area contributed by atoms with E-state index in [9.17, 15) is 18.5 Å². The van der Waals surface area contributed by atoms with Crippen molar-refractivity contribution in [3.63, 3.8) is 0 Å². The summed E-state index contributed by atoms with van der Waals surface area (Å²) < 4.78 is 24.7. The van der Waals surface area contributed by atoms with Gasteiger partial charge >= 0.3 is 0 Å². The van der Waals surface area contributed by atoms with E-state index in [0.29, 0.717) is 25.7 Å². The van der Waals surface area contributed by atoms with Gasteiger partial charge in [0.15, 0.2) is 0 Å². The lowest BCUT2D eigenvalue weighted by atomic mass is 9.87. The molecule has 6 nitrogen and oxygen atoms in total. The molecule has 0 heterocycles. The third-order valence-electron chi connectivity index (χ3n) is 2.88. The van der Waals surface area contributed by atoms with Crippen LogP contribution in [0.5, 0.6) is 0 Å². The first-order valence-electron chi connectivity index (χ1n) is 4.99. The summed E-state index contributed by atoms with van der Waals surface area (Å²) in [7, 11) is -1.79. The molecule has 0 unspecified atom stereocenters. The zero-order chi connectivity index (χ0) is 11.5. The quantitative estimate of drug-likeness (QED) is 0.564. The van der Waals surface area contributed by atoms with Gasteiger partial charge in [0.2, 0.25) is 16.1 Å². The molecular formula is C8H16N2O4S. The Morgan fingerprint density at radius 2 is 1.87 bits per heavy atom. The second-order valence-electron chi connectivity index (χ2n) is 3.95. The molecule has 0 aromatic heterocycles. The zero-order valence-electron chi connectivity index (χ0n) is 8.68. The summed E-state index contributed by atoms with van der Waals surface area (Å²) in [6.45, 7) is 0. The van der Waals surface area contributed by atoms with Crippen molar-refractivity contribution in [1.82, 2.24) is 4.72 Å².